The van der Waals surface area contributed by atoms with Gasteiger partial charge in [-0.05, 0) is 31.0 Å². The van der Waals surface area contributed by atoms with Crippen molar-refractivity contribution >= 4 is 17.5 Å². The number of nitriles is 2. The van der Waals surface area contributed by atoms with Crippen LogP contribution in [-0.4, -0.2) is 11.8 Å². The molecule has 5 nitrogen and oxygen atoms in total. The van der Waals surface area contributed by atoms with Crippen molar-refractivity contribution in [2.45, 2.75) is 27.2 Å². The van der Waals surface area contributed by atoms with Gasteiger partial charge >= 0.3 is 0 Å². The van der Waals surface area contributed by atoms with Crippen LogP contribution in [0.4, 0.5) is 5.69 Å². The first-order chi connectivity index (χ1) is 9.85. The zero-order chi connectivity index (χ0) is 15.8. The molecule has 0 bridgehead atoms. The Kier molecular flexibility index (Phi) is 3.53. The minimum Gasteiger partial charge on any atom is -0.274 e. The molecule has 1 atom stereocenters. The van der Waals surface area contributed by atoms with Crippen LogP contribution in [0, 0.1) is 34.0 Å². The van der Waals surface area contributed by atoms with Crippen LogP contribution in [-0.2, 0) is 9.59 Å². The fourth-order valence-electron chi connectivity index (χ4n) is 2.41. The average molecular weight is 281 g/mol. The van der Waals surface area contributed by atoms with Crippen LogP contribution in [0.25, 0.3) is 0 Å². The lowest BCUT2D eigenvalue weighted by atomic mass is 9.78. The molecule has 0 aliphatic carbocycles. The fourth-order valence-corrected chi connectivity index (χ4v) is 2.41. The maximum atomic E-state index is 12.6. The van der Waals surface area contributed by atoms with E-state index in [1.54, 1.807) is 6.92 Å². The molecule has 1 heterocycles. The molecule has 1 aliphatic rings. The van der Waals surface area contributed by atoms with Crippen molar-refractivity contribution in [2.75, 3.05) is 4.90 Å². The van der Waals surface area contributed by atoms with E-state index >= 15 is 0 Å². The van der Waals surface area contributed by atoms with Gasteiger partial charge in [0.05, 0.1) is 22.2 Å². The SMILES string of the molecule is CC(C)C1(C)CC(=O)N(c2ccc(C#N)c(C#N)c2)C1=O. The van der Waals surface area contributed by atoms with Crippen LogP contribution in [0.2, 0.25) is 0 Å². The average Bonchev–Trinajstić information content (AvgIpc) is 2.69. The highest BCUT2D eigenvalue weighted by Gasteiger charge is 2.50. The Hall–Kier alpha value is -2.66. The molecule has 0 radical (unpaired) electrons. The molecular formula is C16H15N3O2. The van der Waals surface area contributed by atoms with Crippen molar-refractivity contribution in [1.29, 1.82) is 10.5 Å². The molecule has 1 aromatic rings. The topological polar surface area (TPSA) is 85.0 Å². The normalized spacial score (nSPS) is 21.5. The quantitative estimate of drug-likeness (QED) is 0.779. The molecule has 0 N–H and O–H groups in total. The molecule has 2 amide bonds. The number of imide groups is 1. The molecule has 5 heteroatoms. The molecule has 1 aliphatic heterocycles. The van der Waals surface area contributed by atoms with E-state index in [0.29, 0.717) is 5.69 Å². The van der Waals surface area contributed by atoms with Gasteiger partial charge in [-0.3, -0.25) is 14.5 Å². The van der Waals surface area contributed by atoms with Crippen LogP contribution in [0.15, 0.2) is 18.2 Å². The van der Waals surface area contributed by atoms with E-state index in [1.807, 2.05) is 26.0 Å². The van der Waals surface area contributed by atoms with Gasteiger partial charge < -0.3 is 0 Å². The maximum absolute atomic E-state index is 12.6. The third kappa shape index (κ3) is 2.17. The highest BCUT2D eigenvalue weighted by Crippen LogP contribution is 2.41. The maximum Gasteiger partial charge on any atom is 0.240 e. The molecule has 2 rings (SSSR count). The number of benzene rings is 1. The van der Waals surface area contributed by atoms with Crippen molar-refractivity contribution < 1.29 is 9.59 Å². The van der Waals surface area contributed by atoms with Gasteiger partial charge in [0.1, 0.15) is 12.1 Å². The summed E-state index contributed by atoms with van der Waals surface area (Å²) in [7, 11) is 0. The second-order valence-electron chi connectivity index (χ2n) is 5.74. The first-order valence-corrected chi connectivity index (χ1v) is 6.66. The molecule has 0 aromatic heterocycles. The summed E-state index contributed by atoms with van der Waals surface area (Å²) in [6.45, 7) is 5.61. The van der Waals surface area contributed by atoms with Gasteiger partial charge in [0, 0.05) is 6.42 Å². The molecule has 0 saturated carbocycles. The summed E-state index contributed by atoms with van der Waals surface area (Å²) in [4.78, 5) is 25.9. The Morgan fingerprint density at radius 1 is 1.19 bits per heavy atom. The van der Waals surface area contributed by atoms with Crippen LogP contribution < -0.4 is 4.90 Å². The summed E-state index contributed by atoms with van der Waals surface area (Å²) in [5, 5.41) is 18.0. The number of anilines is 1. The molecule has 0 spiro atoms. The first-order valence-electron chi connectivity index (χ1n) is 6.66. The molecule has 21 heavy (non-hydrogen) atoms. The summed E-state index contributed by atoms with van der Waals surface area (Å²) < 4.78 is 0. The Morgan fingerprint density at radius 3 is 2.29 bits per heavy atom. The summed E-state index contributed by atoms with van der Waals surface area (Å²) in [6, 6.07) is 8.23. The van der Waals surface area contributed by atoms with Crippen molar-refractivity contribution in [3.63, 3.8) is 0 Å². The van der Waals surface area contributed by atoms with E-state index in [0.717, 1.165) is 4.90 Å². The summed E-state index contributed by atoms with van der Waals surface area (Å²) in [5.41, 5.74) is 0.0169. The Balaban J connectivity index is 2.49. The van der Waals surface area contributed by atoms with Gasteiger partial charge in [0.15, 0.2) is 0 Å². The highest BCUT2D eigenvalue weighted by atomic mass is 16.2. The van der Waals surface area contributed by atoms with Gasteiger partial charge in [-0.1, -0.05) is 13.8 Å². The largest absolute Gasteiger partial charge is 0.274 e. The summed E-state index contributed by atoms with van der Waals surface area (Å²) in [6.07, 6.45) is 0.158. The number of rotatable bonds is 2. The van der Waals surface area contributed by atoms with E-state index in [1.165, 1.54) is 18.2 Å². The second kappa shape index (κ2) is 5.03. The zero-order valence-corrected chi connectivity index (χ0v) is 12.2. The highest BCUT2D eigenvalue weighted by molar-refractivity contribution is 6.22. The lowest BCUT2D eigenvalue weighted by molar-refractivity contribution is -0.126. The van der Waals surface area contributed by atoms with Crippen molar-refractivity contribution in [3.8, 4) is 12.1 Å². The molecule has 1 aromatic carbocycles. The lowest BCUT2D eigenvalue weighted by Crippen LogP contribution is -2.36. The van der Waals surface area contributed by atoms with Gasteiger partial charge in [0.2, 0.25) is 11.8 Å². The van der Waals surface area contributed by atoms with Crippen molar-refractivity contribution in [3.05, 3.63) is 29.3 Å². The van der Waals surface area contributed by atoms with E-state index in [2.05, 4.69) is 0 Å². The third-order valence-electron chi connectivity index (χ3n) is 4.24. The number of amides is 2. The minimum absolute atomic E-state index is 0.0350. The van der Waals surface area contributed by atoms with Crippen LogP contribution in [0.1, 0.15) is 38.3 Å². The summed E-state index contributed by atoms with van der Waals surface area (Å²) in [5.74, 6) is -0.492. The number of carbonyl (C=O) groups is 2. The number of carbonyl (C=O) groups excluding carboxylic acids is 2. The van der Waals surface area contributed by atoms with Crippen molar-refractivity contribution in [2.24, 2.45) is 11.3 Å². The Bertz CT molecular complexity index is 709. The molecule has 106 valence electrons. The standard InChI is InChI=1S/C16H15N3O2/c1-10(2)16(3)7-14(20)19(15(16)21)13-5-4-11(8-17)12(6-13)9-18/h4-6,10H,7H2,1-3H3. The van der Waals surface area contributed by atoms with Crippen LogP contribution >= 0.6 is 0 Å². The molecule has 1 fully saturated rings. The van der Waals surface area contributed by atoms with Gasteiger partial charge in [-0.2, -0.15) is 10.5 Å². The minimum atomic E-state index is -0.724. The Morgan fingerprint density at radius 2 is 1.81 bits per heavy atom. The van der Waals surface area contributed by atoms with E-state index in [4.69, 9.17) is 10.5 Å². The van der Waals surface area contributed by atoms with E-state index in [-0.39, 0.29) is 35.3 Å². The molecular weight excluding hydrogens is 266 g/mol. The monoisotopic (exact) mass is 281 g/mol. The molecule has 1 unspecified atom stereocenters. The number of hydrogen-bond donors (Lipinski definition) is 0. The lowest BCUT2D eigenvalue weighted by Gasteiger charge is -2.26. The van der Waals surface area contributed by atoms with Crippen LogP contribution in [0.5, 0.6) is 0 Å². The second-order valence-corrected chi connectivity index (χ2v) is 5.74. The Labute approximate surface area is 123 Å². The van der Waals surface area contributed by atoms with Crippen LogP contribution in [0.3, 0.4) is 0 Å². The van der Waals surface area contributed by atoms with Gasteiger partial charge in [-0.15, -0.1) is 0 Å². The smallest absolute Gasteiger partial charge is 0.240 e. The molecule has 1 saturated heterocycles. The predicted octanol–water partition coefficient (Wildman–Crippen LogP) is 2.36. The number of nitrogens with zero attached hydrogens (tertiary/aromatic N) is 3. The predicted molar refractivity (Wildman–Crippen MR) is 75.9 cm³/mol. The summed E-state index contributed by atoms with van der Waals surface area (Å²) >= 11 is 0. The third-order valence-corrected chi connectivity index (χ3v) is 4.24. The fraction of sp³-hybridized carbons (Fsp3) is 0.375. The van der Waals surface area contributed by atoms with Crippen molar-refractivity contribution in [1.82, 2.24) is 0 Å². The number of hydrogen-bond acceptors (Lipinski definition) is 4. The zero-order valence-electron chi connectivity index (χ0n) is 12.2. The van der Waals surface area contributed by atoms with Gasteiger partial charge in [0.25, 0.3) is 0 Å². The first kappa shape index (κ1) is 14.7. The van der Waals surface area contributed by atoms with Gasteiger partial charge in [-0.25, -0.2) is 0 Å². The van der Waals surface area contributed by atoms with E-state index < -0.39 is 5.41 Å². The van der Waals surface area contributed by atoms with E-state index in [9.17, 15) is 9.59 Å².